The Morgan fingerprint density at radius 3 is 2.53 bits per heavy atom. The topological polar surface area (TPSA) is 29.5 Å². The van der Waals surface area contributed by atoms with Crippen LogP contribution >= 0.6 is 0 Å². The van der Waals surface area contributed by atoms with Gasteiger partial charge in [-0.15, -0.1) is 0 Å². The van der Waals surface area contributed by atoms with Crippen LogP contribution < -0.4 is 4.74 Å². The summed E-state index contributed by atoms with van der Waals surface area (Å²) in [5.41, 5.74) is 2.54. The van der Waals surface area contributed by atoms with Crippen LogP contribution in [0.25, 0.3) is 0 Å². The number of aryl methyl sites for hydroxylation is 1. The van der Waals surface area contributed by atoms with Crippen LogP contribution in [0.1, 0.15) is 37.3 Å². The van der Waals surface area contributed by atoms with Crippen molar-refractivity contribution in [3.05, 3.63) is 29.3 Å². The smallest absolute Gasteiger partial charge is 0.119 e. The third kappa shape index (κ3) is 3.56. The third-order valence-electron chi connectivity index (χ3n) is 2.51. The van der Waals surface area contributed by atoms with Crippen LogP contribution in [0.2, 0.25) is 0 Å². The zero-order chi connectivity index (χ0) is 11.3. The van der Waals surface area contributed by atoms with Gasteiger partial charge in [0.15, 0.2) is 0 Å². The first-order valence-corrected chi connectivity index (χ1v) is 5.46. The predicted molar refractivity (Wildman–Crippen MR) is 62.5 cm³/mol. The molecule has 0 bridgehead atoms. The van der Waals surface area contributed by atoms with Crippen molar-refractivity contribution in [3.63, 3.8) is 0 Å². The molecule has 0 saturated carbocycles. The Morgan fingerprint density at radius 2 is 2.00 bits per heavy atom. The lowest BCUT2D eigenvalue weighted by Crippen LogP contribution is -1.95. The van der Waals surface area contributed by atoms with Gasteiger partial charge < -0.3 is 9.84 Å². The molecule has 1 rings (SSSR count). The highest BCUT2D eigenvalue weighted by atomic mass is 16.5. The molecule has 0 fully saturated rings. The normalized spacial score (nSPS) is 10.7. The van der Waals surface area contributed by atoms with Gasteiger partial charge in [0.2, 0.25) is 0 Å². The zero-order valence-corrected chi connectivity index (χ0v) is 9.79. The highest BCUT2D eigenvalue weighted by Crippen LogP contribution is 2.23. The Labute approximate surface area is 91.9 Å². The van der Waals surface area contributed by atoms with Crippen LogP contribution in [0.15, 0.2) is 18.2 Å². The molecule has 1 N–H and O–H groups in total. The van der Waals surface area contributed by atoms with Gasteiger partial charge in [-0.3, -0.25) is 0 Å². The van der Waals surface area contributed by atoms with E-state index in [2.05, 4.69) is 26.0 Å². The number of hydrogen-bond acceptors (Lipinski definition) is 2. The van der Waals surface area contributed by atoms with Gasteiger partial charge in [0.25, 0.3) is 0 Å². The van der Waals surface area contributed by atoms with Gasteiger partial charge in [0.1, 0.15) is 5.75 Å². The Bertz CT molecular complexity index is 305. The lowest BCUT2D eigenvalue weighted by Gasteiger charge is -2.11. The lowest BCUT2D eigenvalue weighted by atomic mass is 9.98. The Morgan fingerprint density at radius 1 is 1.27 bits per heavy atom. The molecule has 15 heavy (non-hydrogen) atoms. The van der Waals surface area contributed by atoms with Crippen LogP contribution in [0.3, 0.4) is 0 Å². The van der Waals surface area contributed by atoms with E-state index in [1.54, 1.807) is 7.11 Å². The zero-order valence-electron chi connectivity index (χ0n) is 9.79. The largest absolute Gasteiger partial charge is 0.497 e. The van der Waals surface area contributed by atoms with Crippen molar-refractivity contribution in [2.45, 2.75) is 32.6 Å². The molecule has 0 atom stereocenters. The summed E-state index contributed by atoms with van der Waals surface area (Å²) >= 11 is 0. The summed E-state index contributed by atoms with van der Waals surface area (Å²) in [4.78, 5) is 0. The second-order valence-corrected chi connectivity index (χ2v) is 4.10. The lowest BCUT2D eigenvalue weighted by molar-refractivity contribution is 0.288. The van der Waals surface area contributed by atoms with Crippen LogP contribution in [-0.2, 0) is 6.42 Å². The number of ether oxygens (including phenoxy) is 1. The van der Waals surface area contributed by atoms with Gasteiger partial charge in [0, 0.05) is 6.61 Å². The number of rotatable bonds is 5. The minimum absolute atomic E-state index is 0.244. The first-order valence-electron chi connectivity index (χ1n) is 5.46. The molecule has 0 aliphatic carbocycles. The highest BCUT2D eigenvalue weighted by molar-refractivity contribution is 5.36. The van der Waals surface area contributed by atoms with Crippen molar-refractivity contribution < 1.29 is 9.84 Å². The fourth-order valence-electron chi connectivity index (χ4n) is 1.56. The van der Waals surface area contributed by atoms with E-state index < -0.39 is 0 Å². The van der Waals surface area contributed by atoms with Crippen LogP contribution in [0, 0.1) is 0 Å². The molecule has 0 saturated heterocycles. The molecule has 2 heteroatoms. The van der Waals surface area contributed by atoms with Gasteiger partial charge >= 0.3 is 0 Å². The number of benzene rings is 1. The first kappa shape index (κ1) is 12.1. The molecular formula is C13H20O2. The maximum atomic E-state index is 8.80. The fourth-order valence-corrected chi connectivity index (χ4v) is 1.56. The van der Waals surface area contributed by atoms with Crippen molar-refractivity contribution in [1.29, 1.82) is 0 Å². The van der Waals surface area contributed by atoms with Gasteiger partial charge in [-0.25, -0.2) is 0 Å². The summed E-state index contributed by atoms with van der Waals surface area (Å²) in [6.07, 6.45) is 1.72. The molecule has 0 heterocycles. The van der Waals surface area contributed by atoms with Gasteiger partial charge in [-0.2, -0.15) is 0 Å². The van der Waals surface area contributed by atoms with E-state index in [9.17, 15) is 0 Å². The maximum Gasteiger partial charge on any atom is 0.119 e. The van der Waals surface area contributed by atoms with E-state index in [1.807, 2.05) is 6.07 Å². The van der Waals surface area contributed by atoms with E-state index in [-0.39, 0.29) is 6.61 Å². The number of methoxy groups -OCH3 is 1. The minimum atomic E-state index is 0.244. The molecule has 84 valence electrons. The van der Waals surface area contributed by atoms with Crippen molar-refractivity contribution in [2.24, 2.45) is 0 Å². The summed E-state index contributed by atoms with van der Waals surface area (Å²) in [7, 11) is 1.69. The molecule has 0 spiro atoms. The van der Waals surface area contributed by atoms with Crippen molar-refractivity contribution in [1.82, 2.24) is 0 Å². The number of aliphatic hydroxyl groups excluding tert-OH is 1. The molecule has 0 amide bonds. The van der Waals surface area contributed by atoms with Gasteiger partial charge in [-0.05, 0) is 42.0 Å². The highest BCUT2D eigenvalue weighted by Gasteiger charge is 2.04. The molecule has 1 aromatic rings. The Balaban J connectivity index is 2.90. The van der Waals surface area contributed by atoms with E-state index in [0.29, 0.717) is 5.92 Å². The van der Waals surface area contributed by atoms with E-state index in [4.69, 9.17) is 9.84 Å². The van der Waals surface area contributed by atoms with Crippen LogP contribution in [-0.4, -0.2) is 18.8 Å². The average molecular weight is 208 g/mol. The first-order chi connectivity index (χ1) is 7.17. The summed E-state index contributed by atoms with van der Waals surface area (Å²) in [5, 5.41) is 8.80. The fraction of sp³-hybridized carbons (Fsp3) is 0.538. The van der Waals surface area contributed by atoms with Crippen LogP contribution in [0.5, 0.6) is 5.75 Å². The molecule has 0 aromatic heterocycles. The second-order valence-electron chi connectivity index (χ2n) is 4.10. The average Bonchev–Trinajstić information content (AvgIpc) is 2.25. The molecule has 0 aliphatic rings. The summed E-state index contributed by atoms with van der Waals surface area (Å²) in [5.74, 6) is 1.42. The van der Waals surface area contributed by atoms with Crippen molar-refractivity contribution in [3.8, 4) is 5.75 Å². The summed E-state index contributed by atoms with van der Waals surface area (Å²) in [6.45, 7) is 4.59. The maximum absolute atomic E-state index is 8.80. The summed E-state index contributed by atoms with van der Waals surface area (Å²) < 4.78 is 5.26. The van der Waals surface area contributed by atoms with E-state index >= 15 is 0 Å². The van der Waals surface area contributed by atoms with Crippen LogP contribution in [0.4, 0.5) is 0 Å². The standard InChI is InChI=1S/C13H20O2/c1-10(2)12-7-11(5-4-6-14)8-13(9-12)15-3/h7-10,14H,4-6H2,1-3H3. The van der Waals surface area contributed by atoms with E-state index in [0.717, 1.165) is 18.6 Å². The molecule has 2 nitrogen and oxygen atoms in total. The predicted octanol–water partition coefficient (Wildman–Crippen LogP) is 2.74. The van der Waals surface area contributed by atoms with E-state index in [1.165, 1.54) is 11.1 Å². The SMILES string of the molecule is COc1cc(CCCO)cc(C(C)C)c1. The molecule has 0 radical (unpaired) electrons. The van der Waals surface area contributed by atoms with Crippen molar-refractivity contribution in [2.75, 3.05) is 13.7 Å². The Kier molecular flexibility index (Phi) is 4.63. The Hall–Kier alpha value is -1.02. The van der Waals surface area contributed by atoms with Gasteiger partial charge in [0.05, 0.1) is 7.11 Å². The number of aliphatic hydroxyl groups is 1. The third-order valence-corrected chi connectivity index (χ3v) is 2.51. The monoisotopic (exact) mass is 208 g/mol. The molecule has 0 aliphatic heterocycles. The quantitative estimate of drug-likeness (QED) is 0.806. The summed E-state index contributed by atoms with van der Waals surface area (Å²) in [6, 6.07) is 6.32. The van der Waals surface area contributed by atoms with Crippen molar-refractivity contribution >= 4 is 0 Å². The minimum Gasteiger partial charge on any atom is -0.497 e. The number of hydrogen-bond donors (Lipinski definition) is 1. The molecule has 1 aromatic carbocycles. The molecule has 0 unspecified atom stereocenters. The molecular weight excluding hydrogens is 188 g/mol. The second kappa shape index (κ2) is 5.76. The van der Waals surface area contributed by atoms with Gasteiger partial charge in [-0.1, -0.05) is 19.9 Å².